The van der Waals surface area contributed by atoms with E-state index in [0.717, 1.165) is 0 Å². The van der Waals surface area contributed by atoms with Gasteiger partial charge in [-0.3, -0.25) is 0 Å². The van der Waals surface area contributed by atoms with E-state index in [1.54, 1.807) is 11.0 Å². The molecule has 0 aromatic heterocycles. The summed E-state index contributed by atoms with van der Waals surface area (Å²) in [5.41, 5.74) is 0.553. The number of piperidine rings is 1. The second-order valence-electron chi connectivity index (χ2n) is 7.95. The van der Waals surface area contributed by atoms with E-state index in [4.69, 9.17) is 28.3 Å². The van der Waals surface area contributed by atoms with Crippen LogP contribution in [0, 0.1) is 11.8 Å². The molecule has 30 heavy (non-hydrogen) atoms. The smallest absolute Gasteiger partial charge is 0.317 e. The van der Waals surface area contributed by atoms with Crippen molar-refractivity contribution in [3.63, 3.8) is 0 Å². The van der Waals surface area contributed by atoms with Crippen molar-refractivity contribution in [3.8, 4) is 5.75 Å². The first-order valence-corrected chi connectivity index (χ1v) is 12.1. The highest BCUT2D eigenvalue weighted by molar-refractivity contribution is 7.83. The number of rotatable bonds is 8. The van der Waals surface area contributed by atoms with Crippen LogP contribution in [0.1, 0.15) is 45.2 Å². The van der Waals surface area contributed by atoms with Crippen LogP contribution in [0.5, 0.6) is 5.75 Å². The molecule has 7 nitrogen and oxygen atoms in total. The van der Waals surface area contributed by atoms with Gasteiger partial charge in [-0.15, -0.1) is 0 Å². The number of nitrogens with zero attached hydrogens (tertiary/aromatic N) is 1. The molecule has 3 atom stereocenters. The summed E-state index contributed by atoms with van der Waals surface area (Å²) >= 11 is 12.2. The summed E-state index contributed by atoms with van der Waals surface area (Å²) in [5.74, 6) is 0.260. The standard InChI is InChI=1S/C20H31Cl2N3O4S/c1-12(2)13(3)30(29)24-19(15-10-16(21)17(22)11-18(15)27)14-4-7-25(8-5-14)20(28)23-6-9-26/h10-14,19,24,26-27H,4-9H2,1-3H3,(H,23,28)/t13-,19-,30?/m1/s1. The van der Waals surface area contributed by atoms with E-state index in [2.05, 4.69) is 10.0 Å². The summed E-state index contributed by atoms with van der Waals surface area (Å²) in [5, 5.41) is 22.6. The highest BCUT2D eigenvalue weighted by atomic mass is 35.5. The Kier molecular flexibility index (Phi) is 9.68. The fourth-order valence-corrected chi connectivity index (χ4v) is 5.01. The Labute approximate surface area is 190 Å². The molecule has 0 bridgehead atoms. The lowest BCUT2D eigenvalue weighted by molar-refractivity contribution is 0.158. The van der Waals surface area contributed by atoms with Crippen LogP contribution in [0.2, 0.25) is 10.0 Å². The number of likely N-dealkylation sites (tertiary alicyclic amines) is 1. The normalized spacial score (nSPS) is 18.3. The molecular formula is C20H31Cl2N3O4S. The molecule has 1 aromatic rings. The van der Waals surface area contributed by atoms with Gasteiger partial charge in [0.2, 0.25) is 0 Å². The molecule has 2 rings (SSSR count). The summed E-state index contributed by atoms with van der Waals surface area (Å²) in [4.78, 5) is 13.8. The zero-order valence-electron chi connectivity index (χ0n) is 17.5. The van der Waals surface area contributed by atoms with Crippen LogP contribution in [-0.4, -0.2) is 56.8 Å². The Morgan fingerprint density at radius 1 is 1.23 bits per heavy atom. The second-order valence-corrected chi connectivity index (χ2v) is 10.3. The monoisotopic (exact) mass is 479 g/mol. The second kappa shape index (κ2) is 11.5. The van der Waals surface area contributed by atoms with E-state index >= 15 is 0 Å². The van der Waals surface area contributed by atoms with Gasteiger partial charge in [0.15, 0.2) is 0 Å². The lowest BCUT2D eigenvalue weighted by Crippen LogP contribution is -2.47. The molecular weight excluding hydrogens is 449 g/mol. The van der Waals surface area contributed by atoms with Gasteiger partial charge in [-0.2, -0.15) is 0 Å². The Bertz CT molecular complexity index is 758. The van der Waals surface area contributed by atoms with Gasteiger partial charge >= 0.3 is 6.03 Å². The van der Waals surface area contributed by atoms with Crippen molar-refractivity contribution in [2.45, 2.75) is 44.9 Å². The van der Waals surface area contributed by atoms with Gasteiger partial charge in [0, 0.05) is 36.5 Å². The first-order chi connectivity index (χ1) is 14.1. The summed E-state index contributed by atoms with van der Waals surface area (Å²) in [6.45, 7) is 7.10. The predicted molar refractivity (Wildman–Crippen MR) is 121 cm³/mol. The first-order valence-electron chi connectivity index (χ1n) is 10.1. The Morgan fingerprint density at radius 3 is 2.40 bits per heavy atom. The zero-order chi connectivity index (χ0) is 22.4. The quantitative estimate of drug-likeness (QED) is 0.458. The molecule has 10 heteroatoms. The summed E-state index contributed by atoms with van der Waals surface area (Å²) in [7, 11) is -1.33. The molecule has 1 unspecified atom stereocenters. The van der Waals surface area contributed by atoms with E-state index < -0.39 is 17.0 Å². The molecule has 1 aliphatic rings. The number of nitrogens with one attached hydrogen (secondary N) is 2. The number of hydrogen-bond acceptors (Lipinski definition) is 4. The maximum atomic E-state index is 12.9. The number of carbonyl (C=O) groups is 1. The predicted octanol–water partition coefficient (Wildman–Crippen LogP) is 3.45. The Balaban J connectivity index is 2.22. The minimum Gasteiger partial charge on any atom is -0.508 e. The molecule has 0 saturated carbocycles. The third kappa shape index (κ3) is 6.47. The van der Waals surface area contributed by atoms with Crippen molar-refractivity contribution in [2.24, 2.45) is 11.8 Å². The van der Waals surface area contributed by atoms with Gasteiger partial charge in [-0.05, 0) is 37.7 Å². The van der Waals surface area contributed by atoms with E-state index in [1.165, 1.54) is 6.07 Å². The van der Waals surface area contributed by atoms with E-state index in [1.807, 2.05) is 20.8 Å². The van der Waals surface area contributed by atoms with Crippen molar-refractivity contribution in [1.29, 1.82) is 0 Å². The molecule has 1 saturated heterocycles. The summed E-state index contributed by atoms with van der Waals surface area (Å²) in [6, 6.07) is 2.42. The number of aromatic hydroxyl groups is 1. The molecule has 0 radical (unpaired) electrons. The summed E-state index contributed by atoms with van der Waals surface area (Å²) in [6.07, 6.45) is 1.33. The lowest BCUT2D eigenvalue weighted by atomic mass is 9.85. The van der Waals surface area contributed by atoms with Gasteiger partial charge in [-0.25, -0.2) is 13.7 Å². The van der Waals surface area contributed by atoms with Crippen LogP contribution in [0.15, 0.2) is 12.1 Å². The number of hydrogen-bond donors (Lipinski definition) is 4. The molecule has 1 fully saturated rings. The molecule has 0 aliphatic carbocycles. The fraction of sp³-hybridized carbons (Fsp3) is 0.650. The number of aliphatic hydroxyl groups excluding tert-OH is 1. The number of benzene rings is 1. The van der Waals surface area contributed by atoms with Crippen molar-refractivity contribution < 1.29 is 19.2 Å². The molecule has 170 valence electrons. The average molecular weight is 480 g/mol. The van der Waals surface area contributed by atoms with Gasteiger partial charge in [0.05, 0.1) is 33.7 Å². The Hall–Kier alpha value is -1.06. The van der Waals surface area contributed by atoms with Crippen LogP contribution in [0.3, 0.4) is 0 Å². The minimum atomic E-state index is -1.33. The van der Waals surface area contributed by atoms with E-state index in [-0.39, 0.29) is 47.0 Å². The first kappa shape index (κ1) is 25.2. The SMILES string of the molecule is CC(C)[C@@H](C)S(=O)N[C@@H](c1cc(Cl)c(Cl)cc1O)C1CCN(C(=O)NCCO)CC1. The highest BCUT2D eigenvalue weighted by Crippen LogP contribution is 2.39. The fourth-order valence-electron chi connectivity index (χ4n) is 3.40. The number of amides is 2. The lowest BCUT2D eigenvalue weighted by Gasteiger charge is -2.37. The average Bonchev–Trinajstić information content (AvgIpc) is 2.72. The van der Waals surface area contributed by atoms with Gasteiger partial charge in [-0.1, -0.05) is 37.0 Å². The van der Waals surface area contributed by atoms with Crippen LogP contribution in [-0.2, 0) is 11.0 Å². The topological polar surface area (TPSA) is 102 Å². The van der Waals surface area contributed by atoms with Gasteiger partial charge in [0.25, 0.3) is 0 Å². The number of halogens is 2. The van der Waals surface area contributed by atoms with Crippen LogP contribution >= 0.6 is 23.2 Å². The number of urea groups is 1. The number of carbonyl (C=O) groups excluding carboxylic acids is 1. The van der Waals surface area contributed by atoms with Crippen molar-refractivity contribution >= 4 is 40.2 Å². The van der Waals surface area contributed by atoms with Crippen molar-refractivity contribution in [1.82, 2.24) is 14.9 Å². The third-order valence-corrected chi connectivity index (χ3v) is 8.04. The molecule has 2 amide bonds. The molecule has 4 N–H and O–H groups in total. The van der Waals surface area contributed by atoms with Crippen LogP contribution < -0.4 is 10.0 Å². The molecule has 1 aliphatic heterocycles. The van der Waals surface area contributed by atoms with E-state index in [0.29, 0.717) is 36.5 Å². The van der Waals surface area contributed by atoms with Gasteiger partial charge < -0.3 is 20.4 Å². The summed E-state index contributed by atoms with van der Waals surface area (Å²) < 4.78 is 16.1. The van der Waals surface area contributed by atoms with E-state index in [9.17, 15) is 14.1 Å². The molecule has 1 heterocycles. The number of phenolic OH excluding ortho intramolecular Hbond substituents is 1. The van der Waals surface area contributed by atoms with Crippen molar-refractivity contribution in [3.05, 3.63) is 27.7 Å². The third-order valence-electron chi connectivity index (χ3n) is 5.61. The van der Waals surface area contributed by atoms with Gasteiger partial charge in [0.1, 0.15) is 5.75 Å². The van der Waals surface area contributed by atoms with Crippen LogP contribution in [0.25, 0.3) is 0 Å². The number of aliphatic hydroxyl groups is 1. The van der Waals surface area contributed by atoms with Crippen LogP contribution in [0.4, 0.5) is 4.79 Å². The maximum absolute atomic E-state index is 12.9. The Morgan fingerprint density at radius 2 is 1.83 bits per heavy atom. The zero-order valence-corrected chi connectivity index (χ0v) is 19.9. The highest BCUT2D eigenvalue weighted by Gasteiger charge is 2.33. The maximum Gasteiger partial charge on any atom is 0.317 e. The number of phenols is 1. The van der Waals surface area contributed by atoms with Crippen molar-refractivity contribution in [2.75, 3.05) is 26.2 Å². The largest absolute Gasteiger partial charge is 0.508 e. The minimum absolute atomic E-state index is 0.000724. The molecule has 1 aromatic carbocycles. The molecule has 0 spiro atoms.